The largest absolute Gasteiger partial charge is 0.215 e. The molecule has 0 aliphatic rings. The van der Waals surface area contributed by atoms with Gasteiger partial charge in [0.05, 0.1) is 0 Å². The molecule has 2 atom stereocenters. The summed E-state index contributed by atoms with van der Waals surface area (Å²) in [6, 6.07) is 0. The quantitative estimate of drug-likeness (QED) is 0.373. The van der Waals surface area contributed by atoms with Crippen molar-refractivity contribution in [1.29, 1.82) is 0 Å². The molecule has 2 nitrogen and oxygen atoms in total. The lowest BCUT2D eigenvalue weighted by Crippen LogP contribution is -1.96. The van der Waals surface area contributed by atoms with Gasteiger partial charge in [0, 0.05) is 11.8 Å². The third-order valence-corrected chi connectivity index (χ3v) is 6.69. The number of nitrogens with zero attached hydrogens (tertiary/aromatic N) is 2. The smallest absolute Gasteiger partial charge is 0.170 e. The molecule has 4 heteroatoms. The summed E-state index contributed by atoms with van der Waals surface area (Å²) in [6.07, 6.45) is 12.1. The van der Waals surface area contributed by atoms with Gasteiger partial charge in [0.25, 0.3) is 0 Å². The highest BCUT2D eigenvalue weighted by molar-refractivity contribution is 7.26. The molecular weight excluding hydrogens is 380 g/mol. The van der Waals surface area contributed by atoms with E-state index < -0.39 is 0 Å². The summed E-state index contributed by atoms with van der Waals surface area (Å²) >= 11 is 3.21. The maximum Gasteiger partial charge on any atom is 0.170 e. The molecule has 0 N–H and O–H groups in total. The van der Waals surface area contributed by atoms with Gasteiger partial charge in [0.15, 0.2) is 19.7 Å². The SMILES string of the molecule is CCCCC(C#Cc1nc2sc(C#CC(CCC)CCCC)nc2s1)CCC. The van der Waals surface area contributed by atoms with Gasteiger partial charge < -0.3 is 0 Å². The highest BCUT2D eigenvalue weighted by Crippen LogP contribution is 2.27. The standard InChI is InChI=1S/C24H34N2S2/c1-5-9-13-19(11-7-3)15-17-21-25-23-24(27-21)26-22(28-23)18-16-20(12-8-4)14-10-6-2/h19-20H,5-14H2,1-4H3. The van der Waals surface area contributed by atoms with Crippen LogP contribution in [0, 0.1) is 35.5 Å². The van der Waals surface area contributed by atoms with Gasteiger partial charge in [-0.1, -0.05) is 101 Å². The molecule has 0 radical (unpaired) electrons. The van der Waals surface area contributed by atoms with Gasteiger partial charge in [-0.3, -0.25) is 0 Å². The van der Waals surface area contributed by atoms with Gasteiger partial charge in [-0.05, 0) is 37.5 Å². The molecule has 2 rings (SSSR count). The van der Waals surface area contributed by atoms with Crippen LogP contribution >= 0.6 is 22.7 Å². The van der Waals surface area contributed by atoms with Gasteiger partial charge in [-0.25, -0.2) is 9.97 Å². The van der Waals surface area contributed by atoms with Crippen molar-refractivity contribution in [2.24, 2.45) is 11.8 Å². The summed E-state index contributed by atoms with van der Waals surface area (Å²) in [5.41, 5.74) is 0. The molecule has 0 saturated carbocycles. The number of unbranched alkanes of at least 4 members (excludes halogenated alkanes) is 2. The van der Waals surface area contributed by atoms with E-state index in [-0.39, 0.29) is 0 Å². The lowest BCUT2D eigenvalue weighted by atomic mass is 9.98. The Morgan fingerprint density at radius 1 is 0.643 bits per heavy atom. The predicted octanol–water partition coefficient (Wildman–Crippen LogP) is 7.67. The number of aromatic nitrogens is 2. The fourth-order valence-electron chi connectivity index (χ4n) is 3.25. The van der Waals surface area contributed by atoms with E-state index in [1.54, 1.807) is 22.7 Å². The van der Waals surface area contributed by atoms with E-state index in [2.05, 4.69) is 51.4 Å². The van der Waals surface area contributed by atoms with Gasteiger partial charge in [0.1, 0.15) is 0 Å². The summed E-state index contributed by atoms with van der Waals surface area (Å²) < 4.78 is 0. The van der Waals surface area contributed by atoms with Crippen molar-refractivity contribution in [3.8, 4) is 23.7 Å². The highest BCUT2D eigenvalue weighted by atomic mass is 32.1. The van der Waals surface area contributed by atoms with Crippen molar-refractivity contribution in [2.75, 3.05) is 0 Å². The maximum atomic E-state index is 4.69. The Kier molecular flexibility index (Phi) is 10.6. The van der Waals surface area contributed by atoms with Crippen LogP contribution in [0.2, 0.25) is 0 Å². The Balaban J connectivity index is 2.06. The number of hydrogen-bond donors (Lipinski definition) is 0. The number of thiazole rings is 2. The van der Waals surface area contributed by atoms with E-state index in [1.807, 2.05) is 0 Å². The molecular formula is C24H34N2S2. The Morgan fingerprint density at radius 2 is 1.07 bits per heavy atom. The molecule has 0 fully saturated rings. The van der Waals surface area contributed by atoms with E-state index in [0.29, 0.717) is 11.8 Å². The highest BCUT2D eigenvalue weighted by Gasteiger charge is 2.09. The van der Waals surface area contributed by atoms with Crippen molar-refractivity contribution in [3.05, 3.63) is 10.0 Å². The van der Waals surface area contributed by atoms with Crippen LogP contribution in [0.3, 0.4) is 0 Å². The summed E-state index contributed by atoms with van der Waals surface area (Å²) in [6.45, 7) is 8.96. The first-order valence-corrected chi connectivity index (χ1v) is 12.6. The first-order valence-electron chi connectivity index (χ1n) is 11.0. The number of hydrogen-bond acceptors (Lipinski definition) is 4. The van der Waals surface area contributed by atoms with Gasteiger partial charge in [0.2, 0.25) is 0 Å². The normalized spacial score (nSPS) is 12.9. The van der Waals surface area contributed by atoms with Gasteiger partial charge in [-0.15, -0.1) is 0 Å². The topological polar surface area (TPSA) is 25.8 Å². The van der Waals surface area contributed by atoms with Crippen LogP contribution in [-0.4, -0.2) is 9.97 Å². The minimum atomic E-state index is 0.500. The minimum Gasteiger partial charge on any atom is -0.215 e. The van der Waals surface area contributed by atoms with Crippen LogP contribution in [0.5, 0.6) is 0 Å². The maximum absolute atomic E-state index is 4.69. The van der Waals surface area contributed by atoms with Crippen molar-refractivity contribution in [2.45, 2.75) is 91.9 Å². The zero-order chi connectivity index (χ0) is 20.2. The third kappa shape index (κ3) is 7.57. The lowest BCUT2D eigenvalue weighted by Gasteiger charge is -2.07. The van der Waals surface area contributed by atoms with Crippen LogP contribution in [0.4, 0.5) is 0 Å². The zero-order valence-corrected chi connectivity index (χ0v) is 19.6. The summed E-state index contributed by atoms with van der Waals surface area (Å²) in [5.74, 6) is 14.5. The first kappa shape index (κ1) is 22.9. The Morgan fingerprint density at radius 3 is 1.43 bits per heavy atom. The second-order valence-corrected chi connectivity index (χ2v) is 9.40. The van der Waals surface area contributed by atoms with Gasteiger partial charge in [-0.2, -0.15) is 0 Å². The van der Waals surface area contributed by atoms with E-state index in [9.17, 15) is 0 Å². The monoisotopic (exact) mass is 414 g/mol. The van der Waals surface area contributed by atoms with E-state index >= 15 is 0 Å². The lowest BCUT2D eigenvalue weighted by molar-refractivity contribution is 0.527. The fourth-order valence-corrected chi connectivity index (χ4v) is 5.02. The Hall–Kier alpha value is -1.36. The van der Waals surface area contributed by atoms with Crippen LogP contribution in [0.1, 0.15) is 102 Å². The first-order chi connectivity index (χ1) is 13.7. The van der Waals surface area contributed by atoms with E-state index in [1.165, 1.54) is 64.2 Å². The molecule has 2 heterocycles. The third-order valence-electron chi connectivity index (χ3n) is 4.83. The molecule has 0 spiro atoms. The van der Waals surface area contributed by atoms with Crippen LogP contribution in [-0.2, 0) is 0 Å². The molecule has 2 unspecified atom stereocenters. The molecule has 0 aliphatic heterocycles. The second kappa shape index (κ2) is 13.0. The van der Waals surface area contributed by atoms with Crippen molar-refractivity contribution in [1.82, 2.24) is 9.97 Å². The average Bonchev–Trinajstić information content (AvgIpc) is 3.24. The van der Waals surface area contributed by atoms with Crippen LogP contribution in [0.15, 0.2) is 0 Å². The van der Waals surface area contributed by atoms with E-state index in [0.717, 1.165) is 19.7 Å². The Bertz CT molecular complexity index is 728. The van der Waals surface area contributed by atoms with Crippen LogP contribution < -0.4 is 0 Å². The Labute approximate surface area is 179 Å². The second-order valence-electron chi connectivity index (χ2n) is 7.44. The molecule has 152 valence electrons. The molecule has 0 bridgehead atoms. The fraction of sp³-hybridized carbons (Fsp3) is 0.667. The zero-order valence-electron chi connectivity index (χ0n) is 17.9. The van der Waals surface area contributed by atoms with Crippen molar-refractivity contribution >= 4 is 32.3 Å². The summed E-state index contributed by atoms with van der Waals surface area (Å²) in [5, 5.41) is 1.80. The average molecular weight is 415 g/mol. The van der Waals surface area contributed by atoms with Crippen molar-refractivity contribution < 1.29 is 0 Å². The van der Waals surface area contributed by atoms with Crippen molar-refractivity contribution in [3.63, 3.8) is 0 Å². The predicted molar refractivity (Wildman–Crippen MR) is 125 cm³/mol. The van der Waals surface area contributed by atoms with E-state index in [4.69, 9.17) is 9.97 Å². The number of rotatable bonds is 10. The van der Waals surface area contributed by atoms with Gasteiger partial charge >= 0.3 is 0 Å². The minimum absolute atomic E-state index is 0.500. The van der Waals surface area contributed by atoms with Crippen LogP contribution in [0.25, 0.3) is 9.66 Å². The molecule has 2 aromatic rings. The molecule has 0 aliphatic carbocycles. The molecule has 0 saturated heterocycles. The summed E-state index contributed by atoms with van der Waals surface area (Å²) in [7, 11) is 0. The molecule has 0 amide bonds. The molecule has 28 heavy (non-hydrogen) atoms. The number of fused-ring (bicyclic) bond motifs is 1. The molecule has 2 aromatic heterocycles. The molecule has 0 aromatic carbocycles. The summed E-state index contributed by atoms with van der Waals surface area (Å²) in [4.78, 5) is 11.4.